The molecule has 0 amide bonds. The summed E-state index contributed by atoms with van der Waals surface area (Å²) in [4.78, 5) is 20.9. The van der Waals surface area contributed by atoms with Gasteiger partial charge in [-0.1, -0.05) is 11.8 Å². The number of hydrogen-bond donors (Lipinski definition) is 1. The highest BCUT2D eigenvalue weighted by atomic mass is 32.2. The molecule has 2 aromatic rings. The van der Waals surface area contributed by atoms with E-state index in [2.05, 4.69) is 9.97 Å². The molecule has 0 aliphatic carbocycles. The van der Waals surface area contributed by atoms with Gasteiger partial charge in [-0.2, -0.15) is 0 Å². The first-order valence-electron chi connectivity index (χ1n) is 6.38. The second-order valence-electron chi connectivity index (χ2n) is 4.68. The van der Waals surface area contributed by atoms with E-state index in [1.165, 1.54) is 17.7 Å². The summed E-state index contributed by atoms with van der Waals surface area (Å²) in [5.74, 6) is -0.901. The Morgan fingerprint density at radius 2 is 2.40 bits per heavy atom. The van der Waals surface area contributed by atoms with Gasteiger partial charge >= 0.3 is 5.97 Å². The van der Waals surface area contributed by atoms with Crippen molar-refractivity contribution < 1.29 is 14.6 Å². The minimum Gasteiger partial charge on any atom is -0.477 e. The number of thiophene rings is 1. The van der Waals surface area contributed by atoms with E-state index in [-0.39, 0.29) is 0 Å². The van der Waals surface area contributed by atoms with Gasteiger partial charge in [0.1, 0.15) is 21.1 Å². The molecule has 0 aromatic carbocycles. The van der Waals surface area contributed by atoms with Crippen LogP contribution < -0.4 is 0 Å². The lowest BCUT2D eigenvalue weighted by atomic mass is 10.2. The van der Waals surface area contributed by atoms with Crippen LogP contribution in [0.5, 0.6) is 0 Å². The number of fused-ring (bicyclic) bond motifs is 1. The number of aromatic carboxylic acids is 1. The number of aromatic nitrogens is 2. The Morgan fingerprint density at radius 1 is 1.55 bits per heavy atom. The zero-order chi connectivity index (χ0) is 14.1. The van der Waals surface area contributed by atoms with Crippen molar-refractivity contribution in [2.75, 3.05) is 13.2 Å². The van der Waals surface area contributed by atoms with E-state index in [4.69, 9.17) is 4.74 Å². The van der Waals surface area contributed by atoms with Crippen molar-refractivity contribution in [1.29, 1.82) is 0 Å². The first kappa shape index (κ1) is 13.8. The molecule has 1 aliphatic rings. The number of thioether (sulfide) groups is 1. The number of rotatable bonds is 3. The summed E-state index contributed by atoms with van der Waals surface area (Å²) in [5.41, 5.74) is 0.761. The van der Waals surface area contributed by atoms with Crippen LogP contribution in [0.4, 0.5) is 0 Å². The van der Waals surface area contributed by atoms with Gasteiger partial charge < -0.3 is 9.84 Å². The summed E-state index contributed by atoms with van der Waals surface area (Å²) < 4.78 is 5.48. The topological polar surface area (TPSA) is 72.3 Å². The summed E-state index contributed by atoms with van der Waals surface area (Å²) in [5, 5.41) is 11.3. The molecule has 20 heavy (non-hydrogen) atoms. The smallest absolute Gasteiger partial charge is 0.346 e. The molecule has 106 valence electrons. The van der Waals surface area contributed by atoms with Crippen LogP contribution >= 0.6 is 23.1 Å². The van der Waals surface area contributed by atoms with Gasteiger partial charge in [0.15, 0.2) is 0 Å². The largest absolute Gasteiger partial charge is 0.477 e. The van der Waals surface area contributed by atoms with Gasteiger partial charge in [-0.25, -0.2) is 14.8 Å². The Labute approximate surface area is 124 Å². The molecular weight excluding hydrogens is 296 g/mol. The molecule has 0 bridgehead atoms. The zero-order valence-electron chi connectivity index (χ0n) is 11.0. The second kappa shape index (κ2) is 5.67. The highest BCUT2D eigenvalue weighted by Crippen LogP contribution is 2.37. The van der Waals surface area contributed by atoms with Crippen molar-refractivity contribution in [2.24, 2.45) is 0 Å². The molecule has 1 aliphatic heterocycles. The van der Waals surface area contributed by atoms with Gasteiger partial charge in [0.25, 0.3) is 0 Å². The molecule has 5 nitrogen and oxygen atoms in total. The standard InChI is InChI=1S/C13H14N2O3S2/c1-7-9-11(19-8-3-2-4-18-5-8)14-6-15-12(9)20-10(7)13(16)17/h6,8H,2-5H2,1H3,(H,16,17). The summed E-state index contributed by atoms with van der Waals surface area (Å²) in [7, 11) is 0. The SMILES string of the molecule is Cc1c(C(=O)O)sc2ncnc(SC3CCCOC3)c12. The number of nitrogens with zero attached hydrogens (tertiary/aromatic N) is 2. The fourth-order valence-corrected chi connectivity index (χ4v) is 4.59. The van der Waals surface area contributed by atoms with Crippen LogP contribution in [0.3, 0.4) is 0 Å². The Bertz CT molecular complexity index is 650. The Balaban J connectivity index is 1.99. The first-order chi connectivity index (χ1) is 9.66. The summed E-state index contributed by atoms with van der Waals surface area (Å²) >= 11 is 2.88. The second-order valence-corrected chi connectivity index (χ2v) is 6.97. The van der Waals surface area contributed by atoms with Crippen LogP contribution in [0, 0.1) is 6.92 Å². The third-order valence-electron chi connectivity index (χ3n) is 3.28. The predicted molar refractivity (Wildman–Crippen MR) is 78.8 cm³/mol. The Morgan fingerprint density at radius 3 is 3.10 bits per heavy atom. The van der Waals surface area contributed by atoms with E-state index in [0.29, 0.717) is 10.1 Å². The lowest BCUT2D eigenvalue weighted by Gasteiger charge is -2.21. The van der Waals surface area contributed by atoms with Gasteiger partial charge in [-0.3, -0.25) is 0 Å². The van der Waals surface area contributed by atoms with Crippen LogP contribution in [0.1, 0.15) is 28.1 Å². The van der Waals surface area contributed by atoms with Crippen LogP contribution in [0.25, 0.3) is 10.2 Å². The Hall–Kier alpha value is -1.18. The first-order valence-corrected chi connectivity index (χ1v) is 8.08. The van der Waals surface area contributed by atoms with E-state index >= 15 is 0 Å². The van der Waals surface area contributed by atoms with E-state index in [1.807, 2.05) is 6.92 Å². The molecule has 0 saturated carbocycles. The Kier molecular flexibility index (Phi) is 3.91. The van der Waals surface area contributed by atoms with E-state index in [9.17, 15) is 9.90 Å². The number of hydrogen-bond acceptors (Lipinski definition) is 6. The maximum absolute atomic E-state index is 11.2. The zero-order valence-corrected chi connectivity index (χ0v) is 12.6. The fourth-order valence-electron chi connectivity index (χ4n) is 2.29. The lowest BCUT2D eigenvalue weighted by molar-refractivity contribution is 0.0701. The monoisotopic (exact) mass is 310 g/mol. The van der Waals surface area contributed by atoms with Crippen molar-refractivity contribution >= 4 is 39.3 Å². The van der Waals surface area contributed by atoms with Gasteiger partial charge in [0.2, 0.25) is 0 Å². The number of ether oxygens (including phenoxy) is 1. The van der Waals surface area contributed by atoms with Gasteiger partial charge in [-0.15, -0.1) is 11.3 Å². The molecule has 0 radical (unpaired) electrons. The van der Waals surface area contributed by atoms with E-state index in [0.717, 1.165) is 46.9 Å². The van der Waals surface area contributed by atoms with Crippen molar-refractivity contribution in [3.8, 4) is 0 Å². The average Bonchev–Trinajstić information content (AvgIpc) is 2.79. The van der Waals surface area contributed by atoms with E-state index < -0.39 is 5.97 Å². The van der Waals surface area contributed by atoms with Crippen molar-refractivity contribution in [3.63, 3.8) is 0 Å². The molecule has 3 heterocycles. The van der Waals surface area contributed by atoms with Gasteiger partial charge in [0, 0.05) is 17.2 Å². The maximum atomic E-state index is 11.2. The van der Waals surface area contributed by atoms with Crippen molar-refractivity contribution in [3.05, 3.63) is 16.8 Å². The molecule has 1 N–H and O–H groups in total. The molecule has 1 unspecified atom stereocenters. The third-order valence-corrected chi connectivity index (χ3v) is 5.71. The number of aryl methyl sites for hydroxylation is 1. The molecular formula is C13H14N2O3S2. The van der Waals surface area contributed by atoms with Crippen LogP contribution in [0.15, 0.2) is 11.4 Å². The molecule has 1 saturated heterocycles. The molecule has 2 aromatic heterocycles. The van der Waals surface area contributed by atoms with Gasteiger partial charge in [-0.05, 0) is 25.3 Å². The van der Waals surface area contributed by atoms with Crippen LogP contribution in [-0.2, 0) is 4.74 Å². The summed E-state index contributed by atoms with van der Waals surface area (Å²) in [6.07, 6.45) is 3.68. The number of carboxylic acids is 1. The van der Waals surface area contributed by atoms with Crippen LogP contribution in [-0.4, -0.2) is 39.5 Å². The third kappa shape index (κ3) is 2.53. The molecule has 3 rings (SSSR count). The molecule has 1 fully saturated rings. The summed E-state index contributed by atoms with van der Waals surface area (Å²) in [6.45, 7) is 3.38. The molecule has 7 heteroatoms. The normalized spacial score (nSPS) is 19.4. The van der Waals surface area contributed by atoms with Crippen LogP contribution in [0.2, 0.25) is 0 Å². The number of carbonyl (C=O) groups is 1. The van der Waals surface area contributed by atoms with Gasteiger partial charge in [0.05, 0.1) is 6.61 Å². The lowest BCUT2D eigenvalue weighted by Crippen LogP contribution is -2.19. The highest BCUT2D eigenvalue weighted by molar-refractivity contribution is 8.00. The predicted octanol–water partition coefficient (Wildman–Crippen LogP) is 2.97. The average molecular weight is 310 g/mol. The fraction of sp³-hybridized carbons (Fsp3) is 0.462. The minimum absolute atomic E-state index is 0.349. The number of carboxylic acid groups (broad SMARTS) is 1. The maximum Gasteiger partial charge on any atom is 0.346 e. The minimum atomic E-state index is -0.901. The molecule has 1 atom stereocenters. The quantitative estimate of drug-likeness (QED) is 0.879. The van der Waals surface area contributed by atoms with Crippen molar-refractivity contribution in [2.45, 2.75) is 30.0 Å². The van der Waals surface area contributed by atoms with Crippen molar-refractivity contribution in [1.82, 2.24) is 9.97 Å². The molecule has 0 spiro atoms. The van der Waals surface area contributed by atoms with E-state index in [1.54, 1.807) is 11.8 Å². The highest BCUT2D eigenvalue weighted by Gasteiger charge is 2.22. The summed E-state index contributed by atoms with van der Waals surface area (Å²) in [6, 6.07) is 0.